The van der Waals surface area contributed by atoms with Crippen LogP contribution in [0.1, 0.15) is 15.9 Å². The van der Waals surface area contributed by atoms with Crippen LogP contribution in [0.2, 0.25) is 0 Å². The molecule has 2 rings (SSSR count). The minimum atomic E-state index is 0.449. The first-order valence-electron chi connectivity index (χ1n) is 4.11. The van der Waals surface area contributed by atoms with E-state index in [-0.39, 0.29) is 0 Å². The molecular formula is C10H10N2O. The average Bonchev–Trinajstić information content (AvgIpc) is 2.60. The van der Waals surface area contributed by atoms with Gasteiger partial charge in [0.1, 0.15) is 0 Å². The average molecular weight is 174 g/mol. The molecule has 0 saturated heterocycles. The van der Waals surface area contributed by atoms with Crippen LogP contribution in [-0.2, 0) is 6.54 Å². The summed E-state index contributed by atoms with van der Waals surface area (Å²) in [5.74, 6) is 0. The van der Waals surface area contributed by atoms with Gasteiger partial charge in [0.25, 0.3) is 0 Å². The van der Waals surface area contributed by atoms with Crippen molar-refractivity contribution in [3.8, 4) is 0 Å². The first kappa shape index (κ1) is 8.01. The molecule has 1 aromatic heterocycles. The maximum absolute atomic E-state index is 10.7. The molecule has 0 aliphatic carbocycles. The van der Waals surface area contributed by atoms with Crippen molar-refractivity contribution in [3.05, 3.63) is 35.5 Å². The van der Waals surface area contributed by atoms with Crippen LogP contribution < -0.4 is 5.73 Å². The minimum absolute atomic E-state index is 0.449. The second kappa shape index (κ2) is 3.03. The number of carbonyl (C=O) groups excluding carboxylic acids is 1. The van der Waals surface area contributed by atoms with Gasteiger partial charge in [-0.2, -0.15) is 0 Å². The summed E-state index contributed by atoms with van der Waals surface area (Å²) in [6.45, 7) is 0.449. The maximum atomic E-state index is 10.7. The summed E-state index contributed by atoms with van der Waals surface area (Å²) in [6.07, 6.45) is 2.70. The number of nitrogens with one attached hydrogen (secondary N) is 1. The normalized spacial score (nSPS) is 10.5. The van der Waals surface area contributed by atoms with Crippen molar-refractivity contribution in [2.24, 2.45) is 5.73 Å². The lowest BCUT2D eigenvalue weighted by Gasteiger charge is -1.96. The first-order chi connectivity index (χ1) is 6.36. The SMILES string of the molecule is NCc1c[nH]c2cccc(C=O)c12. The van der Waals surface area contributed by atoms with E-state index in [1.807, 2.05) is 18.3 Å². The number of hydrogen-bond donors (Lipinski definition) is 2. The fourth-order valence-corrected chi connectivity index (χ4v) is 1.55. The smallest absolute Gasteiger partial charge is 0.150 e. The molecule has 1 aromatic carbocycles. The van der Waals surface area contributed by atoms with Gasteiger partial charge < -0.3 is 10.7 Å². The van der Waals surface area contributed by atoms with Gasteiger partial charge in [0, 0.05) is 29.2 Å². The lowest BCUT2D eigenvalue weighted by Crippen LogP contribution is -1.95. The fraction of sp³-hybridized carbons (Fsp3) is 0.100. The Balaban J connectivity index is 2.83. The third-order valence-corrected chi connectivity index (χ3v) is 2.17. The molecule has 0 aliphatic heterocycles. The number of rotatable bonds is 2. The van der Waals surface area contributed by atoms with E-state index in [1.54, 1.807) is 6.07 Å². The number of hydrogen-bond acceptors (Lipinski definition) is 2. The van der Waals surface area contributed by atoms with Gasteiger partial charge in [-0.05, 0) is 11.6 Å². The maximum Gasteiger partial charge on any atom is 0.150 e. The largest absolute Gasteiger partial charge is 0.361 e. The predicted molar refractivity (Wildman–Crippen MR) is 51.6 cm³/mol. The summed E-state index contributed by atoms with van der Waals surface area (Å²) in [6, 6.07) is 5.58. The van der Waals surface area contributed by atoms with Crippen LogP contribution in [-0.4, -0.2) is 11.3 Å². The molecule has 0 atom stereocenters. The topological polar surface area (TPSA) is 58.9 Å². The van der Waals surface area contributed by atoms with E-state index >= 15 is 0 Å². The zero-order chi connectivity index (χ0) is 9.26. The van der Waals surface area contributed by atoms with Crippen LogP contribution in [0.25, 0.3) is 10.9 Å². The summed E-state index contributed by atoms with van der Waals surface area (Å²) in [5.41, 5.74) is 8.19. The molecule has 1 heterocycles. The number of H-pyrrole nitrogens is 1. The highest BCUT2D eigenvalue weighted by Gasteiger charge is 2.05. The molecule has 0 fully saturated rings. The standard InChI is InChI=1S/C10H10N2O/c11-4-8-5-12-9-3-1-2-7(6-13)10(8)9/h1-3,5-6,12H,4,11H2. The summed E-state index contributed by atoms with van der Waals surface area (Å²) < 4.78 is 0. The van der Waals surface area contributed by atoms with Crippen molar-refractivity contribution in [3.63, 3.8) is 0 Å². The van der Waals surface area contributed by atoms with Gasteiger partial charge in [0.05, 0.1) is 0 Å². The van der Waals surface area contributed by atoms with Crippen LogP contribution in [0.4, 0.5) is 0 Å². The molecule has 2 aromatic rings. The molecule has 0 saturated carbocycles. The predicted octanol–water partition coefficient (Wildman–Crippen LogP) is 1.44. The number of fused-ring (bicyclic) bond motifs is 1. The Bertz CT molecular complexity index is 445. The molecule has 0 unspecified atom stereocenters. The molecule has 0 aliphatic rings. The van der Waals surface area contributed by atoms with Gasteiger partial charge in [-0.25, -0.2) is 0 Å². The zero-order valence-electron chi connectivity index (χ0n) is 7.08. The van der Waals surface area contributed by atoms with E-state index in [4.69, 9.17) is 5.73 Å². The lowest BCUT2D eigenvalue weighted by molar-refractivity contribution is 0.112. The van der Waals surface area contributed by atoms with Crippen LogP contribution >= 0.6 is 0 Å². The van der Waals surface area contributed by atoms with Crippen molar-refractivity contribution in [1.29, 1.82) is 0 Å². The van der Waals surface area contributed by atoms with Crippen molar-refractivity contribution < 1.29 is 4.79 Å². The zero-order valence-corrected chi connectivity index (χ0v) is 7.08. The van der Waals surface area contributed by atoms with E-state index in [2.05, 4.69) is 4.98 Å². The van der Waals surface area contributed by atoms with Gasteiger partial charge in [0.2, 0.25) is 0 Å². The molecule has 0 spiro atoms. The molecule has 3 N–H and O–H groups in total. The molecule has 66 valence electrons. The Morgan fingerprint density at radius 1 is 1.46 bits per heavy atom. The van der Waals surface area contributed by atoms with Gasteiger partial charge in [-0.15, -0.1) is 0 Å². The highest BCUT2D eigenvalue weighted by atomic mass is 16.1. The number of nitrogens with two attached hydrogens (primary N) is 1. The van der Waals surface area contributed by atoms with Crippen LogP contribution in [0, 0.1) is 0 Å². The monoisotopic (exact) mass is 174 g/mol. The summed E-state index contributed by atoms with van der Waals surface area (Å²) in [5, 5.41) is 0.944. The summed E-state index contributed by atoms with van der Waals surface area (Å²) in [4.78, 5) is 13.8. The number of benzene rings is 1. The second-order valence-corrected chi connectivity index (χ2v) is 2.91. The molecular weight excluding hydrogens is 164 g/mol. The Labute approximate surface area is 75.6 Å². The summed E-state index contributed by atoms with van der Waals surface area (Å²) in [7, 11) is 0. The van der Waals surface area contributed by atoms with E-state index in [9.17, 15) is 4.79 Å². The molecule has 0 bridgehead atoms. The summed E-state index contributed by atoms with van der Waals surface area (Å²) >= 11 is 0. The molecule has 13 heavy (non-hydrogen) atoms. The van der Waals surface area contributed by atoms with Crippen LogP contribution in [0.3, 0.4) is 0 Å². The van der Waals surface area contributed by atoms with Crippen molar-refractivity contribution in [1.82, 2.24) is 4.98 Å². The number of aromatic nitrogens is 1. The highest BCUT2D eigenvalue weighted by Crippen LogP contribution is 2.20. The van der Waals surface area contributed by atoms with Gasteiger partial charge in [-0.3, -0.25) is 4.79 Å². The number of aldehydes is 1. The fourth-order valence-electron chi connectivity index (χ4n) is 1.55. The van der Waals surface area contributed by atoms with E-state index in [0.717, 1.165) is 22.8 Å². The minimum Gasteiger partial charge on any atom is -0.361 e. The number of carbonyl (C=O) groups is 1. The highest BCUT2D eigenvalue weighted by molar-refractivity contribution is 5.98. The van der Waals surface area contributed by atoms with E-state index < -0.39 is 0 Å². The Morgan fingerprint density at radius 2 is 2.31 bits per heavy atom. The van der Waals surface area contributed by atoms with E-state index in [1.165, 1.54) is 0 Å². The lowest BCUT2D eigenvalue weighted by atomic mass is 10.1. The first-order valence-corrected chi connectivity index (χ1v) is 4.11. The molecule has 0 amide bonds. The van der Waals surface area contributed by atoms with Crippen molar-refractivity contribution >= 4 is 17.2 Å². The van der Waals surface area contributed by atoms with Crippen molar-refractivity contribution in [2.75, 3.05) is 0 Å². The van der Waals surface area contributed by atoms with E-state index in [0.29, 0.717) is 12.1 Å². The van der Waals surface area contributed by atoms with Gasteiger partial charge in [0.15, 0.2) is 6.29 Å². The van der Waals surface area contributed by atoms with Gasteiger partial charge >= 0.3 is 0 Å². The van der Waals surface area contributed by atoms with Crippen LogP contribution in [0.15, 0.2) is 24.4 Å². The molecule has 3 heteroatoms. The Morgan fingerprint density at radius 3 is 3.00 bits per heavy atom. The Kier molecular flexibility index (Phi) is 1.87. The third kappa shape index (κ3) is 1.13. The molecule has 0 radical (unpaired) electrons. The number of aromatic amines is 1. The quantitative estimate of drug-likeness (QED) is 0.677. The Hall–Kier alpha value is -1.61. The second-order valence-electron chi connectivity index (χ2n) is 2.91. The molecule has 3 nitrogen and oxygen atoms in total. The third-order valence-electron chi connectivity index (χ3n) is 2.17. The van der Waals surface area contributed by atoms with Gasteiger partial charge in [-0.1, -0.05) is 12.1 Å². The van der Waals surface area contributed by atoms with Crippen LogP contribution in [0.5, 0.6) is 0 Å². The van der Waals surface area contributed by atoms with Crippen molar-refractivity contribution in [2.45, 2.75) is 6.54 Å².